The largest absolute Gasteiger partial charge is 0.496 e. The highest BCUT2D eigenvalue weighted by Crippen LogP contribution is 2.32. The molecule has 0 saturated carbocycles. The van der Waals surface area contributed by atoms with Gasteiger partial charge in [-0.25, -0.2) is 0 Å². The molecule has 1 aliphatic heterocycles. The minimum Gasteiger partial charge on any atom is -0.496 e. The summed E-state index contributed by atoms with van der Waals surface area (Å²) in [5.41, 5.74) is 3.56. The van der Waals surface area contributed by atoms with E-state index < -0.39 is 0 Å². The Morgan fingerprint density at radius 2 is 1.62 bits per heavy atom. The normalized spacial score (nSPS) is 15.8. The van der Waals surface area contributed by atoms with Crippen molar-refractivity contribution in [2.45, 2.75) is 20.0 Å². The summed E-state index contributed by atoms with van der Waals surface area (Å²) in [6.45, 7) is 8.12. The molecule has 26 heavy (non-hydrogen) atoms. The Morgan fingerprint density at radius 1 is 0.923 bits per heavy atom. The number of hydrogen-bond acceptors (Lipinski definition) is 4. The molecule has 1 aliphatic rings. The number of methoxy groups -OCH3 is 2. The summed E-state index contributed by atoms with van der Waals surface area (Å²) in [5, 5.41) is 0.808. The lowest BCUT2D eigenvalue weighted by molar-refractivity contribution is 0.121. The summed E-state index contributed by atoms with van der Waals surface area (Å²) in [4.78, 5) is 4.97. The summed E-state index contributed by atoms with van der Waals surface area (Å²) in [6, 6.07) is 12.3. The fourth-order valence-corrected chi connectivity index (χ4v) is 3.81. The first-order valence-electron chi connectivity index (χ1n) is 9.00. The Kier molecular flexibility index (Phi) is 6.41. The maximum atomic E-state index is 6.09. The van der Waals surface area contributed by atoms with Gasteiger partial charge in [-0.2, -0.15) is 0 Å². The first-order chi connectivity index (χ1) is 12.6. The fourth-order valence-electron chi connectivity index (χ4n) is 3.60. The molecule has 0 amide bonds. The third-order valence-corrected chi connectivity index (χ3v) is 5.25. The second kappa shape index (κ2) is 8.76. The predicted molar refractivity (Wildman–Crippen MR) is 106 cm³/mol. The van der Waals surface area contributed by atoms with Crippen molar-refractivity contribution in [3.8, 4) is 11.5 Å². The molecule has 2 aromatic rings. The molecule has 0 bridgehead atoms. The summed E-state index contributed by atoms with van der Waals surface area (Å²) in [6.07, 6.45) is 0. The Labute approximate surface area is 161 Å². The van der Waals surface area contributed by atoms with Crippen LogP contribution in [-0.4, -0.2) is 50.2 Å². The summed E-state index contributed by atoms with van der Waals surface area (Å²) < 4.78 is 11.0. The molecule has 0 radical (unpaired) electrons. The zero-order chi connectivity index (χ0) is 18.5. The number of nitrogens with zero attached hydrogens (tertiary/aromatic N) is 2. The monoisotopic (exact) mass is 374 g/mol. The minimum atomic E-state index is 0.808. The summed E-state index contributed by atoms with van der Waals surface area (Å²) in [5.74, 6) is 1.81. The first kappa shape index (κ1) is 19.0. The second-order valence-electron chi connectivity index (χ2n) is 6.77. The quantitative estimate of drug-likeness (QED) is 0.763. The zero-order valence-electron chi connectivity index (χ0n) is 15.8. The van der Waals surface area contributed by atoms with E-state index in [4.69, 9.17) is 21.1 Å². The van der Waals surface area contributed by atoms with Crippen LogP contribution in [0.25, 0.3) is 0 Å². The summed E-state index contributed by atoms with van der Waals surface area (Å²) in [7, 11) is 3.43. The Bertz CT molecular complexity index is 743. The van der Waals surface area contributed by atoms with Gasteiger partial charge in [0.05, 0.1) is 14.2 Å². The zero-order valence-corrected chi connectivity index (χ0v) is 16.6. The number of piperazine rings is 1. The van der Waals surface area contributed by atoms with E-state index in [1.165, 1.54) is 11.1 Å². The smallest absolute Gasteiger partial charge is 0.129 e. The van der Waals surface area contributed by atoms with E-state index in [0.29, 0.717) is 0 Å². The van der Waals surface area contributed by atoms with Crippen LogP contribution in [-0.2, 0) is 13.1 Å². The third kappa shape index (κ3) is 4.50. The van der Waals surface area contributed by atoms with E-state index in [-0.39, 0.29) is 0 Å². The van der Waals surface area contributed by atoms with E-state index in [0.717, 1.165) is 61.4 Å². The highest BCUT2D eigenvalue weighted by Gasteiger charge is 2.19. The van der Waals surface area contributed by atoms with Gasteiger partial charge in [-0.3, -0.25) is 9.80 Å². The summed E-state index contributed by atoms with van der Waals surface area (Å²) >= 11 is 6.09. The lowest BCUT2D eigenvalue weighted by atomic mass is 10.1. The van der Waals surface area contributed by atoms with Crippen LogP contribution in [0.1, 0.15) is 16.7 Å². The Morgan fingerprint density at radius 3 is 2.23 bits per heavy atom. The lowest BCUT2D eigenvalue weighted by Crippen LogP contribution is -2.45. The maximum absolute atomic E-state index is 6.09. The molecule has 3 rings (SSSR count). The molecule has 2 aromatic carbocycles. The number of halogens is 1. The number of rotatable bonds is 6. The van der Waals surface area contributed by atoms with Gasteiger partial charge >= 0.3 is 0 Å². The molecule has 0 N–H and O–H groups in total. The van der Waals surface area contributed by atoms with Gasteiger partial charge in [0.25, 0.3) is 0 Å². The molecule has 1 saturated heterocycles. The van der Waals surface area contributed by atoms with Gasteiger partial charge in [-0.05, 0) is 30.7 Å². The van der Waals surface area contributed by atoms with E-state index >= 15 is 0 Å². The van der Waals surface area contributed by atoms with E-state index in [1.54, 1.807) is 14.2 Å². The van der Waals surface area contributed by atoms with Crippen molar-refractivity contribution in [1.29, 1.82) is 0 Å². The Hall–Kier alpha value is -1.75. The van der Waals surface area contributed by atoms with Crippen LogP contribution in [0, 0.1) is 6.92 Å². The van der Waals surface area contributed by atoms with E-state index in [9.17, 15) is 0 Å². The molecular weight excluding hydrogens is 348 g/mol. The van der Waals surface area contributed by atoms with Gasteiger partial charge in [0.2, 0.25) is 0 Å². The van der Waals surface area contributed by atoms with Crippen LogP contribution >= 0.6 is 11.6 Å². The fraction of sp³-hybridized carbons (Fsp3) is 0.429. The predicted octanol–water partition coefficient (Wildman–Crippen LogP) is 3.98. The maximum Gasteiger partial charge on any atom is 0.129 e. The van der Waals surface area contributed by atoms with Crippen molar-refractivity contribution in [2.24, 2.45) is 0 Å². The molecule has 0 unspecified atom stereocenters. The van der Waals surface area contributed by atoms with Crippen molar-refractivity contribution in [3.05, 3.63) is 58.1 Å². The van der Waals surface area contributed by atoms with Crippen LogP contribution < -0.4 is 9.47 Å². The van der Waals surface area contributed by atoms with E-state index in [2.05, 4.69) is 28.0 Å². The SMILES string of the molecule is COc1ccc(CN2CCN(Cc3cccc(Cl)c3)CC2)c(OC)c1C. The van der Waals surface area contributed by atoms with Crippen molar-refractivity contribution in [1.82, 2.24) is 9.80 Å². The average Bonchev–Trinajstić information content (AvgIpc) is 2.64. The van der Waals surface area contributed by atoms with Crippen molar-refractivity contribution in [3.63, 3.8) is 0 Å². The number of ether oxygens (including phenoxy) is 2. The standard InChI is InChI=1S/C21H27ClN2O2/c1-16-20(25-2)8-7-18(21(16)26-3)15-24-11-9-23(10-12-24)14-17-5-4-6-19(22)13-17/h4-8,13H,9-12,14-15H2,1-3H3. The minimum absolute atomic E-state index is 0.808. The lowest BCUT2D eigenvalue weighted by Gasteiger charge is -2.35. The molecule has 5 heteroatoms. The third-order valence-electron chi connectivity index (χ3n) is 5.02. The average molecular weight is 375 g/mol. The Balaban J connectivity index is 1.58. The highest BCUT2D eigenvalue weighted by molar-refractivity contribution is 6.30. The van der Waals surface area contributed by atoms with Gasteiger partial charge in [0.1, 0.15) is 11.5 Å². The first-order valence-corrected chi connectivity index (χ1v) is 9.38. The van der Waals surface area contributed by atoms with E-state index in [1.807, 2.05) is 25.1 Å². The second-order valence-corrected chi connectivity index (χ2v) is 7.20. The molecular formula is C21H27ClN2O2. The van der Waals surface area contributed by atoms with Crippen LogP contribution in [0.4, 0.5) is 0 Å². The molecule has 0 aromatic heterocycles. The number of hydrogen-bond donors (Lipinski definition) is 0. The molecule has 1 heterocycles. The van der Waals surface area contributed by atoms with Gasteiger partial charge in [-0.15, -0.1) is 0 Å². The van der Waals surface area contributed by atoms with Crippen LogP contribution in [0.3, 0.4) is 0 Å². The van der Waals surface area contributed by atoms with Crippen LogP contribution in [0.15, 0.2) is 36.4 Å². The van der Waals surface area contributed by atoms with Gasteiger partial charge in [0, 0.05) is 55.4 Å². The van der Waals surface area contributed by atoms with Gasteiger partial charge in [0.15, 0.2) is 0 Å². The van der Waals surface area contributed by atoms with Crippen molar-refractivity contribution in [2.75, 3.05) is 40.4 Å². The highest BCUT2D eigenvalue weighted by atomic mass is 35.5. The molecule has 1 fully saturated rings. The number of benzene rings is 2. The molecule has 0 atom stereocenters. The van der Waals surface area contributed by atoms with Crippen LogP contribution in [0.5, 0.6) is 11.5 Å². The molecule has 140 valence electrons. The molecule has 0 aliphatic carbocycles. The van der Waals surface area contributed by atoms with Gasteiger partial charge in [-0.1, -0.05) is 29.8 Å². The van der Waals surface area contributed by atoms with Gasteiger partial charge < -0.3 is 9.47 Å². The molecule has 4 nitrogen and oxygen atoms in total. The van der Waals surface area contributed by atoms with Crippen molar-refractivity contribution >= 4 is 11.6 Å². The molecule has 0 spiro atoms. The van der Waals surface area contributed by atoms with Crippen molar-refractivity contribution < 1.29 is 9.47 Å². The van der Waals surface area contributed by atoms with Crippen LogP contribution in [0.2, 0.25) is 5.02 Å². The topological polar surface area (TPSA) is 24.9 Å².